The van der Waals surface area contributed by atoms with Gasteiger partial charge in [-0.05, 0) is 32.1 Å². The average molecular weight is 194 g/mol. The standard InChI is InChI=1S/C13H22O/c1-2-3-4-7-10-13(14)11-8-5-6-9-12-13/h14H,2-6,8-9,11-12H2,1H3. The average Bonchev–Trinajstić information content (AvgIpc) is 2.39. The van der Waals surface area contributed by atoms with E-state index in [0.29, 0.717) is 0 Å². The maximum atomic E-state index is 10.2. The van der Waals surface area contributed by atoms with E-state index in [1.165, 1.54) is 19.3 Å². The van der Waals surface area contributed by atoms with Gasteiger partial charge in [-0.15, -0.1) is 5.92 Å². The summed E-state index contributed by atoms with van der Waals surface area (Å²) in [4.78, 5) is 0. The van der Waals surface area contributed by atoms with Crippen LogP contribution in [-0.2, 0) is 0 Å². The van der Waals surface area contributed by atoms with Gasteiger partial charge in [0.2, 0.25) is 0 Å². The van der Waals surface area contributed by atoms with Crippen LogP contribution in [0.1, 0.15) is 64.7 Å². The number of unbranched alkanes of at least 4 members (excludes halogenated alkanes) is 2. The highest BCUT2D eigenvalue weighted by atomic mass is 16.3. The Morgan fingerprint density at radius 1 is 1.14 bits per heavy atom. The molecule has 0 aromatic carbocycles. The Morgan fingerprint density at radius 2 is 1.79 bits per heavy atom. The predicted octanol–water partition coefficient (Wildman–Crippen LogP) is 3.27. The second-order valence-corrected chi connectivity index (χ2v) is 4.35. The van der Waals surface area contributed by atoms with E-state index >= 15 is 0 Å². The lowest BCUT2D eigenvalue weighted by Crippen LogP contribution is -2.25. The van der Waals surface area contributed by atoms with Gasteiger partial charge >= 0.3 is 0 Å². The largest absolute Gasteiger partial charge is 0.378 e. The highest BCUT2D eigenvalue weighted by Crippen LogP contribution is 2.26. The second-order valence-electron chi connectivity index (χ2n) is 4.35. The van der Waals surface area contributed by atoms with E-state index in [9.17, 15) is 5.11 Å². The predicted molar refractivity (Wildman–Crippen MR) is 60.0 cm³/mol. The summed E-state index contributed by atoms with van der Waals surface area (Å²) in [6.45, 7) is 2.17. The fourth-order valence-corrected chi connectivity index (χ4v) is 1.93. The third-order valence-electron chi connectivity index (χ3n) is 2.91. The van der Waals surface area contributed by atoms with Crippen molar-refractivity contribution < 1.29 is 5.11 Å². The lowest BCUT2D eigenvalue weighted by atomic mass is 9.95. The van der Waals surface area contributed by atoms with Crippen LogP contribution in [0.15, 0.2) is 0 Å². The van der Waals surface area contributed by atoms with Crippen molar-refractivity contribution in [2.45, 2.75) is 70.3 Å². The minimum Gasteiger partial charge on any atom is -0.378 e. The molecule has 1 heteroatoms. The van der Waals surface area contributed by atoms with Crippen LogP contribution in [0.4, 0.5) is 0 Å². The van der Waals surface area contributed by atoms with Crippen LogP contribution in [-0.4, -0.2) is 10.7 Å². The van der Waals surface area contributed by atoms with Gasteiger partial charge in [0.25, 0.3) is 0 Å². The molecule has 0 atom stereocenters. The monoisotopic (exact) mass is 194 g/mol. The minimum atomic E-state index is -0.649. The molecule has 1 rings (SSSR count). The van der Waals surface area contributed by atoms with Gasteiger partial charge in [-0.3, -0.25) is 0 Å². The van der Waals surface area contributed by atoms with Gasteiger partial charge in [-0.1, -0.05) is 32.1 Å². The molecule has 0 amide bonds. The Bertz CT molecular complexity index is 201. The molecule has 1 fully saturated rings. The summed E-state index contributed by atoms with van der Waals surface area (Å²) in [5.74, 6) is 6.20. The Morgan fingerprint density at radius 3 is 2.36 bits per heavy atom. The van der Waals surface area contributed by atoms with E-state index in [1.807, 2.05) is 0 Å². The molecule has 0 spiro atoms. The van der Waals surface area contributed by atoms with Crippen molar-refractivity contribution in [2.75, 3.05) is 0 Å². The summed E-state index contributed by atoms with van der Waals surface area (Å²) in [6.07, 6.45) is 9.85. The second kappa shape index (κ2) is 6.09. The van der Waals surface area contributed by atoms with Crippen LogP contribution in [0, 0.1) is 11.8 Å². The van der Waals surface area contributed by atoms with Crippen molar-refractivity contribution in [1.29, 1.82) is 0 Å². The Labute approximate surface area is 87.9 Å². The molecule has 0 aliphatic heterocycles. The molecular formula is C13H22O. The molecule has 1 aliphatic rings. The molecule has 0 radical (unpaired) electrons. The van der Waals surface area contributed by atoms with E-state index in [1.54, 1.807) is 0 Å². The third kappa shape index (κ3) is 4.15. The minimum absolute atomic E-state index is 0.649. The van der Waals surface area contributed by atoms with E-state index in [2.05, 4.69) is 18.8 Å². The summed E-state index contributed by atoms with van der Waals surface area (Å²) in [7, 11) is 0. The summed E-state index contributed by atoms with van der Waals surface area (Å²) >= 11 is 0. The molecule has 14 heavy (non-hydrogen) atoms. The van der Waals surface area contributed by atoms with Crippen LogP contribution in [0.5, 0.6) is 0 Å². The molecule has 1 nitrogen and oxygen atoms in total. The van der Waals surface area contributed by atoms with Crippen molar-refractivity contribution in [1.82, 2.24) is 0 Å². The Kier molecular flexibility index (Phi) is 5.04. The Hall–Kier alpha value is -0.480. The zero-order valence-electron chi connectivity index (χ0n) is 9.31. The first-order valence-corrected chi connectivity index (χ1v) is 5.99. The molecule has 0 aromatic heterocycles. The van der Waals surface area contributed by atoms with Crippen molar-refractivity contribution in [2.24, 2.45) is 0 Å². The normalized spacial score (nSPS) is 20.7. The van der Waals surface area contributed by atoms with Crippen molar-refractivity contribution in [3.63, 3.8) is 0 Å². The van der Waals surface area contributed by atoms with Crippen molar-refractivity contribution in [3.05, 3.63) is 0 Å². The molecule has 1 N–H and O–H groups in total. The summed E-state index contributed by atoms with van der Waals surface area (Å²) in [5, 5.41) is 10.2. The molecule has 1 saturated carbocycles. The number of rotatable bonds is 2. The quantitative estimate of drug-likeness (QED) is 0.406. The zero-order chi connectivity index (χ0) is 10.3. The number of aliphatic hydroxyl groups is 1. The fraction of sp³-hybridized carbons (Fsp3) is 0.846. The van der Waals surface area contributed by atoms with Gasteiger partial charge < -0.3 is 5.11 Å². The van der Waals surface area contributed by atoms with Crippen LogP contribution in [0.3, 0.4) is 0 Å². The lowest BCUT2D eigenvalue weighted by Gasteiger charge is -2.19. The lowest BCUT2D eigenvalue weighted by molar-refractivity contribution is 0.0848. The number of hydrogen-bond acceptors (Lipinski definition) is 1. The maximum absolute atomic E-state index is 10.2. The molecule has 0 aromatic rings. The van der Waals surface area contributed by atoms with Crippen LogP contribution in [0.25, 0.3) is 0 Å². The van der Waals surface area contributed by atoms with Gasteiger partial charge in [0.05, 0.1) is 0 Å². The molecular weight excluding hydrogens is 172 g/mol. The summed E-state index contributed by atoms with van der Waals surface area (Å²) < 4.78 is 0. The van der Waals surface area contributed by atoms with Gasteiger partial charge in [0.1, 0.15) is 5.60 Å². The molecule has 0 unspecified atom stereocenters. The Balaban J connectivity index is 2.40. The zero-order valence-corrected chi connectivity index (χ0v) is 9.31. The maximum Gasteiger partial charge on any atom is 0.125 e. The topological polar surface area (TPSA) is 20.2 Å². The number of hydrogen-bond donors (Lipinski definition) is 1. The molecule has 0 heterocycles. The molecule has 0 bridgehead atoms. The third-order valence-corrected chi connectivity index (χ3v) is 2.91. The van der Waals surface area contributed by atoms with Gasteiger partial charge in [0, 0.05) is 6.42 Å². The first-order valence-electron chi connectivity index (χ1n) is 5.99. The van der Waals surface area contributed by atoms with Crippen LogP contribution in [0.2, 0.25) is 0 Å². The first kappa shape index (κ1) is 11.6. The summed E-state index contributed by atoms with van der Waals surface area (Å²) in [6, 6.07) is 0. The van der Waals surface area contributed by atoms with E-state index < -0.39 is 5.60 Å². The highest BCUT2D eigenvalue weighted by Gasteiger charge is 2.24. The van der Waals surface area contributed by atoms with E-state index in [4.69, 9.17) is 0 Å². The van der Waals surface area contributed by atoms with Crippen LogP contribution < -0.4 is 0 Å². The summed E-state index contributed by atoms with van der Waals surface area (Å²) in [5.41, 5.74) is -0.649. The molecule has 0 saturated heterocycles. The first-order chi connectivity index (χ1) is 6.77. The highest BCUT2D eigenvalue weighted by molar-refractivity contribution is 5.13. The fourth-order valence-electron chi connectivity index (χ4n) is 1.93. The van der Waals surface area contributed by atoms with Gasteiger partial charge in [0.15, 0.2) is 0 Å². The molecule has 1 aliphatic carbocycles. The SMILES string of the molecule is CCCCC#CC1(O)CCCCCC1. The van der Waals surface area contributed by atoms with Gasteiger partial charge in [-0.25, -0.2) is 0 Å². The van der Waals surface area contributed by atoms with E-state index in [0.717, 1.165) is 38.5 Å². The van der Waals surface area contributed by atoms with Crippen molar-refractivity contribution in [3.8, 4) is 11.8 Å². The van der Waals surface area contributed by atoms with E-state index in [-0.39, 0.29) is 0 Å². The van der Waals surface area contributed by atoms with Crippen LogP contribution >= 0.6 is 0 Å². The van der Waals surface area contributed by atoms with Crippen molar-refractivity contribution >= 4 is 0 Å². The van der Waals surface area contributed by atoms with Gasteiger partial charge in [-0.2, -0.15) is 0 Å². The smallest absolute Gasteiger partial charge is 0.125 e. The molecule has 80 valence electrons.